The molecule has 1 amide bonds. The predicted octanol–water partition coefficient (Wildman–Crippen LogP) is 3.51. The molecular weight excluding hydrogens is 410 g/mol. The number of halogens is 1. The number of benzene rings is 1. The van der Waals surface area contributed by atoms with E-state index in [0.717, 1.165) is 25.8 Å². The van der Waals surface area contributed by atoms with Crippen molar-refractivity contribution in [1.82, 2.24) is 14.5 Å². The van der Waals surface area contributed by atoms with Gasteiger partial charge in [0.15, 0.2) is 0 Å². The molecule has 162 valence electrons. The van der Waals surface area contributed by atoms with Crippen molar-refractivity contribution >= 4 is 27.5 Å². The fourth-order valence-corrected chi connectivity index (χ4v) is 5.99. The number of piperidine rings is 1. The lowest BCUT2D eigenvalue weighted by molar-refractivity contribution is 0.0944. The van der Waals surface area contributed by atoms with Crippen molar-refractivity contribution in [2.45, 2.75) is 62.3 Å². The van der Waals surface area contributed by atoms with E-state index in [0.29, 0.717) is 25.7 Å². The predicted molar refractivity (Wildman–Crippen MR) is 116 cm³/mol. The third kappa shape index (κ3) is 5.72. The Kier molecular flexibility index (Phi) is 7.96. The Morgan fingerprint density at radius 3 is 2.48 bits per heavy atom. The van der Waals surface area contributed by atoms with Gasteiger partial charge in [-0.15, -0.1) is 0 Å². The maximum Gasteiger partial charge on any atom is 0.252 e. The Balaban J connectivity index is 1.62. The van der Waals surface area contributed by atoms with Gasteiger partial charge >= 0.3 is 0 Å². The van der Waals surface area contributed by atoms with Crippen molar-refractivity contribution in [1.29, 1.82) is 0 Å². The summed E-state index contributed by atoms with van der Waals surface area (Å²) in [4.78, 5) is 15.1. The van der Waals surface area contributed by atoms with E-state index in [-0.39, 0.29) is 21.4 Å². The highest BCUT2D eigenvalue weighted by atomic mass is 35.5. The van der Waals surface area contributed by atoms with Crippen LogP contribution in [0.5, 0.6) is 0 Å². The Hall–Kier alpha value is -1.15. The largest absolute Gasteiger partial charge is 0.351 e. The van der Waals surface area contributed by atoms with Gasteiger partial charge in [0.25, 0.3) is 5.91 Å². The Bertz CT molecular complexity index is 803. The molecule has 0 aromatic heterocycles. The zero-order valence-corrected chi connectivity index (χ0v) is 18.8. The van der Waals surface area contributed by atoms with Crippen LogP contribution in [0.25, 0.3) is 0 Å². The minimum absolute atomic E-state index is 0.133. The molecule has 0 unspecified atom stereocenters. The number of carbonyl (C=O) groups is 1. The summed E-state index contributed by atoms with van der Waals surface area (Å²) >= 11 is 6.21. The van der Waals surface area contributed by atoms with E-state index < -0.39 is 10.0 Å². The highest BCUT2D eigenvalue weighted by Gasteiger charge is 2.27. The summed E-state index contributed by atoms with van der Waals surface area (Å²) in [6.45, 7) is 2.32. The minimum Gasteiger partial charge on any atom is -0.351 e. The number of sulfonamides is 1. The van der Waals surface area contributed by atoms with E-state index in [1.54, 1.807) is 0 Å². The number of amides is 1. The number of rotatable bonds is 7. The van der Waals surface area contributed by atoms with Gasteiger partial charge in [-0.1, -0.05) is 37.3 Å². The van der Waals surface area contributed by atoms with Crippen LogP contribution in [0.4, 0.5) is 0 Å². The molecule has 2 fully saturated rings. The van der Waals surface area contributed by atoms with E-state index in [1.807, 2.05) is 0 Å². The van der Waals surface area contributed by atoms with Gasteiger partial charge in [-0.25, -0.2) is 8.42 Å². The fraction of sp³-hybridized carbons (Fsp3) is 0.667. The van der Waals surface area contributed by atoms with Gasteiger partial charge in [-0.3, -0.25) is 4.79 Å². The molecule has 8 heteroatoms. The first kappa shape index (κ1) is 22.5. The van der Waals surface area contributed by atoms with Crippen LogP contribution in [0.2, 0.25) is 5.02 Å². The standard InChI is InChI=1S/C21H32ClN3O3S/c1-24(17-8-4-2-5-9-17)15-12-23-21(26)19-16-18(10-11-20(19)22)29(27,28)25-13-6-3-7-14-25/h10-11,16-17H,2-9,12-15H2,1H3,(H,23,26). The topological polar surface area (TPSA) is 69.7 Å². The summed E-state index contributed by atoms with van der Waals surface area (Å²) < 4.78 is 27.3. The zero-order chi connectivity index (χ0) is 20.9. The average Bonchev–Trinajstić information content (AvgIpc) is 2.75. The number of nitrogens with one attached hydrogen (secondary N) is 1. The zero-order valence-electron chi connectivity index (χ0n) is 17.2. The number of hydrogen-bond acceptors (Lipinski definition) is 4. The molecule has 0 atom stereocenters. The lowest BCUT2D eigenvalue weighted by Crippen LogP contribution is -2.39. The summed E-state index contributed by atoms with van der Waals surface area (Å²) in [6.07, 6.45) is 9.08. The van der Waals surface area contributed by atoms with Crippen LogP contribution in [-0.4, -0.2) is 62.8 Å². The van der Waals surface area contributed by atoms with Gasteiger partial charge in [0.2, 0.25) is 10.0 Å². The number of carbonyl (C=O) groups excluding carboxylic acids is 1. The van der Waals surface area contributed by atoms with Crippen LogP contribution < -0.4 is 5.32 Å². The van der Waals surface area contributed by atoms with E-state index >= 15 is 0 Å². The summed E-state index contributed by atoms with van der Waals surface area (Å²) in [5, 5.41) is 3.16. The lowest BCUT2D eigenvalue weighted by atomic mass is 9.94. The van der Waals surface area contributed by atoms with Gasteiger partial charge in [0, 0.05) is 32.2 Å². The molecule has 6 nitrogen and oxygen atoms in total. The SMILES string of the molecule is CN(CCNC(=O)c1cc(S(=O)(=O)N2CCCCC2)ccc1Cl)C1CCCCC1. The molecule has 3 rings (SSSR count). The molecule has 1 aromatic carbocycles. The quantitative estimate of drug-likeness (QED) is 0.702. The molecule has 1 aliphatic carbocycles. The van der Waals surface area contributed by atoms with E-state index in [4.69, 9.17) is 11.6 Å². The average molecular weight is 442 g/mol. The van der Waals surface area contributed by atoms with Crippen molar-refractivity contribution < 1.29 is 13.2 Å². The second-order valence-corrected chi connectivity index (χ2v) is 10.5. The molecular formula is C21H32ClN3O3S. The van der Waals surface area contributed by atoms with Crippen molar-refractivity contribution in [2.24, 2.45) is 0 Å². The van der Waals surface area contributed by atoms with E-state index in [2.05, 4.69) is 17.3 Å². The summed E-state index contributed by atoms with van der Waals surface area (Å²) in [6, 6.07) is 4.98. The van der Waals surface area contributed by atoms with Crippen LogP contribution >= 0.6 is 11.6 Å². The smallest absolute Gasteiger partial charge is 0.252 e. The first-order valence-electron chi connectivity index (χ1n) is 10.7. The van der Waals surface area contributed by atoms with Gasteiger partial charge in [0.1, 0.15) is 0 Å². The van der Waals surface area contributed by atoms with Crippen LogP contribution in [0.15, 0.2) is 23.1 Å². The third-order valence-corrected chi connectivity index (χ3v) is 8.31. The third-order valence-electron chi connectivity index (χ3n) is 6.08. The molecule has 0 spiro atoms. The number of hydrogen-bond donors (Lipinski definition) is 1. The molecule has 0 radical (unpaired) electrons. The minimum atomic E-state index is -3.60. The maximum atomic E-state index is 12.9. The highest BCUT2D eigenvalue weighted by Crippen LogP contribution is 2.25. The monoisotopic (exact) mass is 441 g/mol. The Labute approximate surface area is 179 Å². The number of likely N-dealkylation sites (N-methyl/N-ethyl adjacent to an activating group) is 1. The van der Waals surface area contributed by atoms with Gasteiger partial charge in [-0.05, 0) is 50.9 Å². The van der Waals surface area contributed by atoms with E-state index in [9.17, 15) is 13.2 Å². The van der Waals surface area contributed by atoms with Gasteiger partial charge in [0.05, 0.1) is 15.5 Å². The first-order valence-corrected chi connectivity index (χ1v) is 12.5. The molecule has 1 saturated carbocycles. The highest BCUT2D eigenvalue weighted by molar-refractivity contribution is 7.89. The first-order chi connectivity index (χ1) is 13.9. The van der Waals surface area contributed by atoms with Crippen molar-refractivity contribution in [3.63, 3.8) is 0 Å². The number of nitrogens with zero attached hydrogens (tertiary/aromatic N) is 2. The van der Waals surface area contributed by atoms with Gasteiger partial charge in [-0.2, -0.15) is 4.31 Å². The molecule has 29 heavy (non-hydrogen) atoms. The molecule has 1 N–H and O–H groups in total. The molecule has 0 bridgehead atoms. The summed E-state index contributed by atoms with van der Waals surface area (Å²) in [7, 11) is -1.50. The van der Waals surface area contributed by atoms with Crippen LogP contribution in [0.1, 0.15) is 61.7 Å². The molecule has 1 heterocycles. The van der Waals surface area contributed by atoms with Crippen molar-refractivity contribution in [3.8, 4) is 0 Å². The maximum absolute atomic E-state index is 12.9. The fourth-order valence-electron chi connectivity index (χ4n) is 4.24. The van der Waals surface area contributed by atoms with Crippen molar-refractivity contribution in [3.05, 3.63) is 28.8 Å². The van der Waals surface area contributed by atoms with Crippen molar-refractivity contribution in [2.75, 3.05) is 33.2 Å². The molecule has 2 aliphatic rings. The second kappa shape index (κ2) is 10.2. The Morgan fingerprint density at radius 2 is 1.79 bits per heavy atom. The van der Waals surface area contributed by atoms with Crippen LogP contribution in [-0.2, 0) is 10.0 Å². The normalized spacial score (nSPS) is 19.4. The van der Waals surface area contributed by atoms with Crippen LogP contribution in [0.3, 0.4) is 0 Å². The molecule has 1 aliphatic heterocycles. The van der Waals surface area contributed by atoms with Crippen LogP contribution in [0, 0.1) is 0 Å². The van der Waals surface area contributed by atoms with E-state index in [1.165, 1.54) is 54.6 Å². The molecule has 1 saturated heterocycles. The summed E-state index contributed by atoms with van der Waals surface area (Å²) in [5.74, 6) is -0.331. The molecule has 1 aromatic rings. The second-order valence-electron chi connectivity index (χ2n) is 8.13. The summed E-state index contributed by atoms with van der Waals surface area (Å²) in [5.41, 5.74) is 0.213. The van der Waals surface area contributed by atoms with Gasteiger partial charge < -0.3 is 10.2 Å². The lowest BCUT2D eigenvalue weighted by Gasteiger charge is -2.31. The Morgan fingerprint density at radius 1 is 1.14 bits per heavy atom.